The van der Waals surface area contributed by atoms with Crippen LogP contribution in [0.5, 0.6) is 0 Å². The van der Waals surface area contributed by atoms with Gasteiger partial charge in [0.1, 0.15) is 11.2 Å². The maximum atomic E-state index is 7.10. The highest BCUT2D eigenvalue weighted by Crippen LogP contribution is 2.55. The summed E-state index contributed by atoms with van der Waals surface area (Å²) in [7, 11) is 0. The van der Waals surface area contributed by atoms with Crippen molar-refractivity contribution in [2.24, 2.45) is 0 Å². The molecule has 12 aromatic rings. The molecular formula is C60H41N5O. The fourth-order valence-electron chi connectivity index (χ4n) is 10.4. The van der Waals surface area contributed by atoms with Crippen LogP contribution in [0.3, 0.4) is 0 Å². The minimum absolute atomic E-state index is 0.326. The van der Waals surface area contributed by atoms with Crippen molar-refractivity contribution in [3.8, 4) is 51.0 Å². The summed E-state index contributed by atoms with van der Waals surface area (Å²) in [5, 5.41) is 4.46. The smallest absolute Gasteiger partial charge is 0.167 e. The third-order valence-electron chi connectivity index (χ3n) is 13.4. The Kier molecular flexibility index (Phi) is 8.46. The molecule has 1 aliphatic heterocycles. The monoisotopic (exact) mass is 847 g/mol. The largest absolute Gasteiger partial charge is 0.455 e. The van der Waals surface area contributed by atoms with Crippen LogP contribution in [-0.2, 0) is 5.41 Å². The number of nitrogens with zero attached hydrogens (tertiary/aromatic N) is 5. The number of hydrogen-bond acceptors (Lipinski definition) is 5. The molecule has 66 heavy (non-hydrogen) atoms. The van der Waals surface area contributed by atoms with E-state index in [0.29, 0.717) is 17.5 Å². The van der Waals surface area contributed by atoms with Crippen LogP contribution in [-0.4, -0.2) is 19.5 Å². The molecule has 1 aliphatic rings. The molecule has 6 nitrogen and oxygen atoms in total. The number of anilines is 3. The summed E-state index contributed by atoms with van der Waals surface area (Å²) in [6.45, 7) is 4.76. The highest BCUT2D eigenvalue weighted by molar-refractivity contribution is 6.17. The maximum Gasteiger partial charge on any atom is 0.167 e. The molecule has 13 rings (SSSR count). The fraction of sp³-hybridized carbons (Fsp3) is 0.0500. The number of benzene rings is 9. The Morgan fingerprint density at radius 2 is 0.955 bits per heavy atom. The van der Waals surface area contributed by atoms with Gasteiger partial charge in [0.2, 0.25) is 0 Å². The van der Waals surface area contributed by atoms with Gasteiger partial charge in [-0.25, -0.2) is 15.0 Å². The van der Waals surface area contributed by atoms with Crippen molar-refractivity contribution in [3.05, 3.63) is 223 Å². The van der Waals surface area contributed by atoms with Gasteiger partial charge in [-0.05, 0) is 77.4 Å². The summed E-state index contributed by atoms with van der Waals surface area (Å²) in [5.74, 6) is 1.77. The lowest BCUT2D eigenvalue weighted by Crippen LogP contribution is -2.30. The summed E-state index contributed by atoms with van der Waals surface area (Å²) in [6.07, 6.45) is 0. The molecule has 6 heteroatoms. The van der Waals surface area contributed by atoms with Gasteiger partial charge in [-0.3, -0.25) is 0 Å². The average Bonchev–Trinajstić information content (AvgIpc) is 3.93. The van der Waals surface area contributed by atoms with E-state index < -0.39 is 0 Å². The van der Waals surface area contributed by atoms with Gasteiger partial charge in [-0.1, -0.05) is 166 Å². The summed E-state index contributed by atoms with van der Waals surface area (Å²) >= 11 is 0. The Labute approximate surface area is 381 Å². The van der Waals surface area contributed by atoms with E-state index in [1.54, 1.807) is 0 Å². The topological polar surface area (TPSA) is 60.0 Å². The normalized spacial score (nSPS) is 13.1. The van der Waals surface area contributed by atoms with E-state index in [4.69, 9.17) is 19.4 Å². The zero-order valence-corrected chi connectivity index (χ0v) is 36.4. The molecule has 0 aliphatic carbocycles. The first kappa shape index (κ1) is 37.9. The van der Waals surface area contributed by atoms with Gasteiger partial charge in [-0.2, -0.15) is 0 Å². The second-order valence-corrected chi connectivity index (χ2v) is 17.6. The minimum atomic E-state index is -0.326. The second kappa shape index (κ2) is 14.7. The predicted molar refractivity (Wildman–Crippen MR) is 270 cm³/mol. The van der Waals surface area contributed by atoms with Crippen molar-refractivity contribution >= 4 is 60.8 Å². The number of fused-ring (bicyclic) bond motifs is 9. The second-order valence-electron chi connectivity index (χ2n) is 17.6. The molecule has 0 spiro atoms. The molecule has 0 N–H and O–H groups in total. The molecule has 4 heterocycles. The molecule has 0 fully saturated rings. The molecule has 0 saturated heterocycles. The van der Waals surface area contributed by atoms with E-state index in [1.807, 2.05) is 60.7 Å². The van der Waals surface area contributed by atoms with Crippen LogP contribution >= 0.6 is 0 Å². The van der Waals surface area contributed by atoms with Crippen molar-refractivity contribution in [2.45, 2.75) is 19.3 Å². The van der Waals surface area contributed by atoms with E-state index in [0.717, 1.165) is 66.6 Å². The van der Waals surface area contributed by atoms with E-state index in [-0.39, 0.29) is 5.41 Å². The Morgan fingerprint density at radius 3 is 1.62 bits per heavy atom. The first-order valence-electron chi connectivity index (χ1n) is 22.4. The third kappa shape index (κ3) is 5.78. The molecule has 0 saturated carbocycles. The van der Waals surface area contributed by atoms with E-state index in [2.05, 4.69) is 175 Å². The standard InChI is InChI=1S/C60H41N5O/c1-60(2)48-31-15-16-32-50(48)65(42-25-13-6-14-26-42)52-36-35-51-53(54(52)60)47-37-40(33-34-49(47)64(51)41-23-11-5-12-24-41)43-27-17-28-44-45-29-18-30-46(56(45)66-55(43)44)59-62-57(38-19-7-3-8-20-38)61-58(63-59)39-21-9-4-10-22-39/h3-37H,1-2H3. The van der Waals surface area contributed by atoms with E-state index in [9.17, 15) is 0 Å². The van der Waals surface area contributed by atoms with Crippen LogP contribution < -0.4 is 4.90 Å². The third-order valence-corrected chi connectivity index (χ3v) is 13.4. The summed E-state index contributed by atoms with van der Waals surface area (Å²) < 4.78 is 9.53. The SMILES string of the molecule is CC1(C)c2ccccc2N(c2ccccc2)c2ccc3c(c21)c1cc(-c2cccc4c2oc2c(-c5nc(-c6ccccc6)nc(-c6ccccc6)n5)cccc24)ccc1n3-c1ccccc1. The van der Waals surface area contributed by atoms with Crippen LogP contribution in [0.2, 0.25) is 0 Å². The lowest BCUT2D eigenvalue weighted by Gasteiger charge is -2.42. The number of hydrogen-bond donors (Lipinski definition) is 0. The lowest BCUT2D eigenvalue weighted by atomic mass is 9.72. The maximum absolute atomic E-state index is 7.10. The number of aromatic nitrogens is 4. The molecule has 0 bridgehead atoms. The summed E-state index contributed by atoms with van der Waals surface area (Å²) in [5.41, 5.74) is 15.5. The van der Waals surface area contributed by atoms with Gasteiger partial charge < -0.3 is 13.9 Å². The molecule has 0 radical (unpaired) electrons. The summed E-state index contributed by atoms with van der Waals surface area (Å²) in [4.78, 5) is 17.6. The zero-order chi connectivity index (χ0) is 43.9. The molecule has 0 amide bonds. The molecule has 9 aromatic carbocycles. The van der Waals surface area contributed by atoms with E-state index >= 15 is 0 Å². The van der Waals surface area contributed by atoms with Gasteiger partial charge in [0.05, 0.1) is 28.0 Å². The Morgan fingerprint density at radius 1 is 0.409 bits per heavy atom. The molecule has 0 atom stereocenters. The first-order chi connectivity index (χ1) is 32.5. The lowest BCUT2D eigenvalue weighted by molar-refractivity contribution is 0.638. The number of para-hydroxylation sites is 5. The van der Waals surface area contributed by atoms with E-state index in [1.165, 1.54) is 38.8 Å². The van der Waals surface area contributed by atoms with Crippen LogP contribution in [0.4, 0.5) is 17.1 Å². The van der Waals surface area contributed by atoms with Crippen molar-refractivity contribution in [1.29, 1.82) is 0 Å². The van der Waals surface area contributed by atoms with Crippen molar-refractivity contribution < 1.29 is 4.42 Å². The van der Waals surface area contributed by atoms with Crippen molar-refractivity contribution in [1.82, 2.24) is 19.5 Å². The summed E-state index contributed by atoms with van der Waals surface area (Å²) in [6, 6.07) is 74.8. The van der Waals surface area contributed by atoms with Gasteiger partial charge in [0.15, 0.2) is 17.5 Å². The molecule has 0 unspecified atom stereocenters. The number of rotatable bonds is 6. The van der Waals surface area contributed by atoms with Gasteiger partial charge in [0.25, 0.3) is 0 Å². The Hall–Kier alpha value is -8.61. The van der Waals surface area contributed by atoms with Gasteiger partial charge >= 0.3 is 0 Å². The first-order valence-corrected chi connectivity index (χ1v) is 22.4. The molecular weight excluding hydrogens is 807 g/mol. The number of furan rings is 1. The zero-order valence-electron chi connectivity index (χ0n) is 36.4. The minimum Gasteiger partial charge on any atom is -0.455 e. The van der Waals surface area contributed by atoms with Crippen LogP contribution in [0.25, 0.3) is 94.7 Å². The highest BCUT2D eigenvalue weighted by atomic mass is 16.3. The van der Waals surface area contributed by atoms with Crippen LogP contribution in [0, 0.1) is 0 Å². The predicted octanol–water partition coefficient (Wildman–Crippen LogP) is 15.6. The Balaban J connectivity index is 1.05. The Bertz CT molecular complexity index is 3780. The highest BCUT2D eigenvalue weighted by Gasteiger charge is 2.39. The van der Waals surface area contributed by atoms with Crippen molar-refractivity contribution in [2.75, 3.05) is 4.90 Å². The quantitative estimate of drug-likeness (QED) is 0.167. The van der Waals surface area contributed by atoms with Crippen molar-refractivity contribution in [3.63, 3.8) is 0 Å². The van der Waals surface area contributed by atoms with Gasteiger partial charge in [-0.15, -0.1) is 0 Å². The fourth-order valence-corrected chi connectivity index (χ4v) is 10.4. The van der Waals surface area contributed by atoms with Gasteiger partial charge in [0, 0.05) is 55.0 Å². The van der Waals surface area contributed by atoms with Crippen LogP contribution in [0.1, 0.15) is 25.0 Å². The molecule has 312 valence electrons. The molecule has 3 aromatic heterocycles. The average molecular weight is 848 g/mol. The van der Waals surface area contributed by atoms with Crippen LogP contribution in [0.15, 0.2) is 217 Å².